The summed E-state index contributed by atoms with van der Waals surface area (Å²) in [5, 5.41) is 25.4. The predicted octanol–water partition coefficient (Wildman–Crippen LogP) is -1.19. The zero-order chi connectivity index (χ0) is 19.6. The fraction of sp³-hybridized carbons (Fsp3) is 0.357. The number of nitrogens with one attached hydrogen (secondary N) is 1. The zero-order valence-electron chi connectivity index (χ0n) is 13.7. The van der Waals surface area contributed by atoms with Gasteiger partial charge in [-0.1, -0.05) is 5.16 Å². The number of anilines is 1. The summed E-state index contributed by atoms with van der Waals surface area (Å²) in [5.74, 6) is -2.03. The van der Waals surface area contributed by atoms with Crippen LogP contribution in [-0.4, -0.2) is 74.0 Å². The number of β-lactam (4-membered cyclic amide) rings is 1. The Balaban J connectivity index is 1.75. The van der Waals surface area contributed by atoms with Gasteiger partial charge in [0.05, 0.1) is 6.61 Å². The van der Waals surface area contributed by atoms with Crippen LogP contribution in [0.15, 0.2) is 22.3 Å². The molecule has 144 valence electrons. The Hall–Kier alpha value is -2.64. The predicted molar refractivity (Wildman–Crippen MR) is 96.8 cm³/mol. The molecule has 3 heterocycles. The lowest BCUT2D eigenvalue weighted by molar-refractivity contribution is -0.150. The maximum Gasteiger partial charge on any atom is 0.352 e. The van der Waals surface area contributed by atoms with E-state index in [0.717, 1.165) is 16.2 Å². The number of aliphatic carboxylic acids is 1. The highest BCUT2D eigenvalue weighted by Crippen LogP contribution is 2.37. The summed E-state index contributed by atoms with van der Waals surface area (Å²) in [6.07, 6.45) is 1.45. The number of carboxylic acids is 1. The number of hydrogen-bond acceptors (Lipinski definition) is 10. The number of rotatable bonds is 7. The fourth-order valence-electron chi connectivity index (χ4n) is 2.50. The molecule has 1 saturated heterocycles. The molecule has 13 heteroatoms. The molecule has 2 amide bonds. The monoisotopic (exact) mass is 413 g/mol. The number of carboxylic acid groups (broad SMARTS) is 1. The van der Waals surface area contributed by atoms with Crippen LogP contribution in [0.4, 0.5) is 5.13 Å². The molecule has 0 unspecified atom stereocenters. The number of thioether (sulfide) groups is 1. The van der Waals surface area contributed by atoms with E-state index in [1.54, 1.807) is 0 Å². The molecule has 5 N–H and O–H groups in total. The van der Waals surface area contributed by atoms with Crippen molar-refractivity contribution in [2.75, 3.05) is 24.7 Å². The van der Waals surface area contributed by atoms with Gasteiger partial charge in [-0.2, -0.15) is 0 Å². The average molecular weight is 413 g/mol. The molecule has 1 fully saturated rings. The van der Waals surface area contributed by atoms with E-state index in [9.17, 15) is 19.5 Å². The molecule has 2 aliphatic heterocycles. The van der Waals surface area contributed by atoms with Crippen molar-refractivity contribution >= 4 is 51.7 Å². The Morgan fingerprint density at radius 3 is 2.93 bits per heavy atom. The number of aromatic nitrogens is 1. The highest BCUT2D eigenvalue weighted by Gasteiger charge is 2.53. The molecule has 0 radical (unpaired) electrons. The van der Waals surface area contributed by atoms with Crippen LogP contribution in [0.1, 0.15) is 5.69 Å². The van der Waals surface area contributed by atoms with Crippen LogP contribution < -0.4 is 11.1 Å². The smallest absolute Gasteiger partial charge is 0.352 e. The Bertz CT molecular complexity index is 838. The summed E-state index contributed by atoms with van der Waals surface area (Å²) < 4.78 is 0. The second kappa shape index (κ2) is 7.94. The van der Waals surface area contributed by atoms with Gasteiger partial charge in [0.1, 0.15) is 29.4 Å². The molecular weight excluding hydrogens is 398 g/mol. The first-order valence-corrected chi connectivity index (χ1v) is 9.58. The van der Waals surface area contributed by atoms with E-state index in [-0.39, 0.29) is 35.4 Å². The summed E-state index contributed by atoms with van der Waals surface area (Å²) in [6.45, 7) is -0.422. The zero-order valence-corrected chi connectivity index (χ0v) is 15.3. The van der Waals surface area contributed by atoms with Gasteiger partial charge < -0.3 is 26.1 Å². The number of nitrogen functional groups attached to an aromatic ring is 1. The normalized spacial score (nSPS) is 21.8. The van der Waals surface area contributed by atoms with Gasteiger partial charge in [0, 0.05) is 11.1 Å². The summed E-state index contributed by atoms with van der Waals surface area (Å²) in [4.78, 5) is 46.1. The number of thiazole rings is 1. The Morgan fingerprint density at radius 1 is 1.52 bits per heavy atom. The van der Waals surface area contributed by atoms with Crippen molar-refractivity contribution in [3.8, 4) is 0 Å². The standard InChI is InChI=1S/C14H15N5O6S2/c15-14-16-6(5-27-14)8(18-25-3-2-20)10(21)17-9-11(22)19-7(13(23)24)1-4-26-12(9)19/h1,5,9,12,20H,2-4H2,(H2,15,16)(H,17,21)(H,23,24)/t9-,12+/m1/s1. The van der Waals surface area contributed by atoms with Crippen LogP contribution in [0, 0.1) is 0 Å². The van der Waals surface area contributed by atoms with Crippen LogP contribution in [0.5, 0.6) is 0 Å². The van der Waals surface area contributed by atoms with Crippen LogP contribution in [0.25, 0.3) is 0 Å². The molecule has 2 aliphatic rings. The Labute approximate surface area is 160 Å². The number of amides is 2. The summed E-state index contributed by atoms with van der Waals surface area (Å²) in [5.41, 5.74) is 5.45. The molecule has 0 bridgehead atoms. The first-order chi connectivity index (χ1) is 12.9. The number of carbonyl (C=O) groups is 3. The van der Waals surface area contributed by atoms with Crippen LogP contribution in [0.3, 0.4) is 0 Å². The van der Waals surface area contributed by atoms with Gasteiger partial charge in [0.15, 0.2) is 10.8 Å². The molecule has 0 spiro atoms. The molecule has 1 aromatic rings. The minimum absolute atomic E-state index is 0.0957. The lowest BCUT2D eigenvalue weighted by Crippen LogP contribution is -2.70. The van der Waals surface area contributed by atoms with Gasteiger partial charge in [-0.05, 0) is 6.08 Å². The van der Waals surface area contributed by atoms with Gasteiger partial charge in [0.25, 0.3) is 11.8 Å². The molecule has 3 rings (SSSR count). The number of aliphatic hydroxyl groups excluding tert-OH is 1. The molecule has 0 aliphatic carbocycles. The van der Waals surface area contributed by atoms with E-state index in [2.05, 4.69) is 15.5 Å². The van der Waals surface area contributed by atoms with E-state index >= 15 is 0 Å². The molecule has 1 aromatic heterocycles. The van der Waals surface area contributed by atoms with E-state index in [1.807, 2.05) is 0 Å². The van der Waals surface area contributed by atoms with Gasteiger partial charge in [0.2, 0.25) is 0 Å². The largest absolute Gasteiger partial charge is 0.477 e. The van der Waals surface area contributed by atoms with Gasteiger partial charge in [-0.15, -0.1) is 23.1 Å². The number of nitrogens with two attached hydrogens (primary N) is 1. The Morgan fingerprint density at radius 2 is 2.30 bits per heavy atom. The van der Waals surface area contributed by atoms with Crippen molar-refractivity contribution in [2.45, 2.75) is 11.4 Å². The molecule has 11 nitrogen and oxygen atoms in total. The van der Waals surface area contributed by atoms with Gasteiger partial charge in [-0.25, -0.2) is 9.78 Å². The number of carbonyl (C=O) groups excluding carboxylic acids is 2. The quantitative estimate of drug-likeness (QED) is 0.186. The first-order valence-electron chi connectivity index (χ1n) is 7.65. The maximum atomic E-state index is 12.6. The van der Waals surface area contributed by atoms with E-state index in [4.69, 9.17) is 15.7 Å². The SMILES string of the molecule is Nc1nc(C(=NOCCO)C(=O)N[C@@H]2C(=O)N3C(C(=O)O)=CCS[C@@H]23)cs1. The number of fused-ring (bicyclic) bond motifs is 1. The number of nitrogens with zero attached hydrogens (tertiary/aromatic N) is 3. The first kappa shape index (κ1) is 19.1. The number of hydrogen-bond donors (Lipinski definition) is 4. The molecule has 0 aromatic carbocycles. The highest BCUT2D eigenvalue weighted by molar-refractivity contribution is 8.00. The molecule has 0 saturated carbocycles. The summed E-state index contributed by atoms with van der Waals surface area (Å²) >= 11 is 2.43. The summed E-state index contributed by atoms with van der Waals surface area (Å²) in [7, 11) is 0. The third kappa shape index (κ3) is 3.74. The van der Waals surface area contributed by atoms with E-state index in [0.29, 0.717) is 5.75 Å². The fourth-order valence-corrected chi connectivity index (χ4v) is 4.24. The number of aliphatic hydroxyl groups is 1. The number of oxime groups is 1. The third-order valence-corrected chi connectivity index (χ3v) is 5.53. The van der Waals surface area contributed by atoms with Crippen molar-refractivity contribution in [3.63, 3.8) is 0 Å². The second-order valence-electron chi connectivity index (χ2n) is 5.35. The average Bonchev–Trinajstić information content (AvgIpc) is 3.08. The minimum Gasteiger partial charge on any atom is -0.477 e. The van der Waals surface area contributed by atoms with Crippen LogP contribution in [-0.2, 0) is 19.2 Å². The van der Waals surface area contributed by atoms with Crippen molar-refractivity contribution in [1.82, 2.24) is 15.2 Å². The molecular formula is C14H15N5O6S2. The lowest BCUT2D eigenvalue weighted by Gasteiger charge is -2.48. The molecule has 2 atom stereocenters. The minimum atomic E-state index is -1.20. The van der Waals surface area contributed by atoms with Gasteiger partial charge >= 0.3 is 5.97 Å². The van der Waals surface area contributed by atoms with E-state index in [1.165, 1.54) is 23.2 Å². The van der Waals surface area contributed by atoms with Crippen LogP contribution >= 0.6 is 23.1 Å². The van der Waals surface area contributed by atoms with Crippen molar-refractivity contribution in [1.29, 1.82) is 0 Å². The van der Waals surface area contributed by atoms with Crippen LogP contribution in [0.2, 0.25) is 0 Å². The molecule has 27 heavy (non-hydrogen) atoms. The van der Waals surface area contributed by atoms with Crippen molar-refractivity contribution < 1.29 is 29.4 Å². The third-order valence-electron chi connectivity index (χ3n) is 3.67. The highest BCUT2D eigenvalue weighted by atomic mass is 32.2. The second-order valence-corrected chi connectivity index (χ2v) is 7.38. The van der Waals surface area contributed by atoms with Crippen molar-refractivity contribution in [2.24, 2.45) is 5.16 Å². The van der Waals surface area contributed by atoms with Gasteiger partial charge in [-0.3, -0.25) is 14.5 Å². The summed E-state index contributed by atoms with van der Waals surface area (Å²) in [6, 6.07) is -0.899. The van der Waals surface area contributed by atoms with Crippen molar-refractivity contribution in [3.05, 3.63) is 22.8 Å². The Kier molecular flexibility index (Phi) is 5.62. The lowest BCUT2D eigenvalue weighted by atomic mass is 10.0. The topological polar surface area (TPSA) is 167 Å². The maximum absolute atomic E-state index is 12.6. The van der Waals surface area contributed by atoms with E-state index < -0.39 is 29.2 Å².